The maximum Gasteiger partial charge on any atom is 0.220 e. The van der Waals surface area contributed by atoms with Crippen LogP contribution in [0.2, 0.25) is 5.02 Å². The lowest BCUT2D eigenvalue weighted by Gasteiger charge is -2.06. The van der Waals surface area contributed by atoms with Gasteiger partial charge in [0.2, 0.25) is 5.91 Å². The molecule has 0 radical (unpaired) electrons. The number of aromatic nitrogens is 1. The summed E-state index contributed by atoms with van der Waals surface area (Å²) in [6.45, 7) is 4.76. The minimum absolute atomic E-state index is 0.123. The van der Waals surface area contributed by atoms with Crippen molar-refractivity contribution in [1.29, 1.82) is 0 Å². The van der Waals surface area contributed by atoms with Crippen LogP contribution >= 0.6 is 11.6 Å². The van der Waals surface area contributed by atoms with Crippen LogP contribution in [0.3, 0.4) is 0 Å². The topological polar surface area (TPSA) is 44.9 Å². The number of fused-ring (bicyclic) bond motifs is 1. The summed E-state index contributed by atoms with van der Waals surface area (Å²) in [5.41, 5.74) is 2.24. The molecule has 2 aromatic rings. The van der Waals surface area contributed by atoms with Crippen molar-refractivity contribution in [3.63, 3.8) is 0 Å². The zero-order chi connectivity index (χ0) is 13.8. The van der Waals surface area contributed by atoms with Gasteiger partial charge in [-0.2, -0.15) is 0 Å². The van der Waals surface area contributed by atoms with Crippen LogP contribution in [0.1, 0.15) is 25.8 Å². The van der Waals surface area contributed by atoms with Crippen molar-refractivity contribution < 1.29 is 4.79 Å². The summed E-state index contributed by atoms with van der Waals surface area (Å²) in [6, 6.07) is 5.82. The van der Waals surface area contributed by atoms with Gasteiger partial charge in [0.1, 0.15) is 0 Å². The molecule has 4 heteroatoms. The molecule has 2 N–H and O–H groups in total. The summed E-state index contributed by atoms with van der Waals surface area (Å²) in [4.78, 5) is 14.8. The number of H-pyrrole nitrogens is 1. The van der Waals surface area contributed by atoms with Crippen LogP contribution < -0.4 is 5.32 Å². The van der Waals surface area contributed by atoms with E-state index in [0.29, 0.717) is 18.9 Å². The Morgan fingerprint density at radius 3 is 2.95 bits per heavy atom. The van der Waals surface area contributed by atoms with Crippen LogP contribution in [0.5, 0.6) is 0 Å². The van der Waals surface area contributed by atoms with Gasteiger partial charge in [0.25, 0.3) is 0 Å². The average molecular weight is 279 g/mol. The Morgan fingerprint density at radius 2 is 2.21 bits per heavy atom. The Morgan fingerprint density at radius 1 is 1.42 bits per heavy atom. The van der Waals surface area contributed by atoms with Crippen LogP contribution in [0, 0.1) is 5.92 Å². The van der Waals surface area contributed by atoms with Crippen LogP contribution in [-0.2, 0) is 11.2 Å². The Hall–Kier alpha value is -1.48. The van der Waals surface area contributed by atoms with Crippen LogP contribution in [0.25, 0.3) is 10.9 Å². The van der Waals surface area contributed by atoms with E-state index in [-0.39, 0.29) is 5.91 Å². The third-order valence-electron chi connectivity index (χ3n) is 3.04. The van der Waals surface area contributed by atoms with Gasteiger partial charge in [-0.1, -0.05) is 31.5 Å². The predicted octanol–water partition coefficient (Wildman–Crippen LogP) is 3.53. The molecule has 0 atom stereocenters. The number of hydrogen-bond acceptors (Lipinski definition) is 1. The number of halogens is 1. The molecule has 0 fully saturated rings. The second-order valence-electron chi connectivity index (χ2n) is 5.20. The molecular formula is C15H19ClN2O. The number of carbonyl (C=O) groups excluding carboxylic acids is 1. The molecule has 1 aromatic heterocycles. The molecule has 0 saturated carbocycles. The minimum Gasteiger partial charge on any atom is -0.361 e. The monoisotopic (exact) mass is 278 g/mol. The van der Waals surface area contributed by atoms with E-state index < -0.39 is 0 Å². The molecule has 0 spiro atoms. The highest BCUT2D eigenvalue weighted by Gasteiger charge is 2.06. The molecule has 102 valence electrons. The minimum atomic E-state index is 0.123. The van der Waals surface area contributed by atoms with Gasteiger partial charge >= 0.3 is 0 Å². The molecule has 2 rings (SSSR count). The summed E-state index contributed by atoms with van der Waals surface area (Å²) in [5, 5.41) is 4.85. The summed E-state index contributed by atoms with van der Waals surface area (Å²) >= 11 is 5.95. The van der Waals surface area contributed by atoms with Gasteiger partial charge in [-0.25, -0.2) is 0 Å². The predicted molar refractivity (Wildman–Crippen MR) is 79.5 cm³/mol. The first-order valence-electron chi connectivity index (χ1n) is 6.58. The molecular weight excluding hydrogens is 260 g/mol. The van der Waals surface area contributed by atoms with E-state index in [1.54, 1.807) is 0 Å². The highest BCUT2D eigenvalue weighted by molar-refractivity contribution is 6.31. The van der Waals surface area contributed by atoms with Crippen molar-refractivity contribution in [3.8, 4) is 0 Å². The number of benzene rings is 1. The van der Waals surface area contributed by atoms with E-state index in [1.165, 1.54) is 10.9 Å². The van der Waals surface area contributed by atoms with E-state index in [2.05, 4.69) is 10.3 Å². The van der Waals surface area contributed by atoms with Crippen LogP contribution in [0.15, 0.2) is 24.4 Å². The molecule has 0 bridgehead atoms. The molecule has 3 nitrogen and oxygen atoms in total. The fourth-order valence-electron chi connectivity index (χ4n) is 2.14. The summed E-state index contributed by atoms with van der Waals surface area (Å²) < 4.78 is 0. The number of hydrogen-bond donors (Lipinski definition) is 2. The fourth-order valence-corrected chi connectivity index (χ4v) is 2.32. The van der Waals surface area contributed by atoms with E-state index in [1.807, 2.05) is 38.2 Å². The van der Waals surface area contributed by atoms with E-state index in [9.17, 15) is 4.79 Å². The van der Waals surface area contributed by atoms with Crippen molar-refractivity contribution in [2.45, 2.75) is 26.7 Å². The number of amides is 1. The zero-order valence-corrected chi connectivity index (χ0v) is 12.1. The third kappa shape index (κ3) is 3.74. The zero-order valence-electron chi connectivity index (χ0n) is 11.3. The quantitative estimate of drug-likeness (QED) is 0.863. The Balaban J connectivity index is 1.93. The summed E-state index contributed by atoms with van der Waals surface area (Å²) in [5.74, 6) is 0.521. The SMILES string of the molecule is CC(C)CC(=O)NCCc1c[nH]c2cc(Cl)ccc12. The standard InChI is InChI=1S/C15H19ClN2O/c1-10(2)7-15(19)17-6-5-11-9-18-14-8-12(16)3-4-13(11)14/h3-4,8-10,18H,5-7H2,1-2H3,(H,17,19). The van der Waals surface area contributed by atoms with Gasteiger partial charge in [0.15, 0.2) is 0 Å². The van der Waals surface area contributed by atoms with Crippen molar-refractivity contribution in [2.24, 2.45) is 5.92 Å². The van der Waals surface area contributed by atoms with Crippen molar-refractivity contribution in [3.05, 3.63) is 35.0 Å². The maximum absolute atomic E-state index is 11.6. The lowest BCUT2D eigenvalue weighted by molar-refractivity contribution is -0.121. The van der Waals surface area contributed by atoms with Crippen LogP contribution in [-0.4, -0.2) is 17.4 Å². The number of rotatable bonds is 5. The molecule has 19 heavy (non-hydrogen) atoms. The maximum atomic E-state index is 11.6. The summed E-state index contributed by atoms with van der Waals surface area (Å²) in [6.07, 6.45) is 3.39. The Labute approximate surface area is 118 Å². The Kier molecular flexibility index (Phi) is 4.48. The van der Waals surface area contributed by atoms with Gasteiger partial charge in [-0.3, -0.25) is 4.79 Å². The first kappa shape index (κ1) is 13.9. The third-order valence-corrected chi connectivity index (χ3v) is 3.27. The van der Waals surface area contributed by atoms with Crippen molar-refractivity contribution >= 4 is 28.4 Å². The number of aromatic amines is 1. The van der Waals surface area contributed by atoms with E-state index >= 15 is 0 Å². The van der Waals surface area contributed by atoms with Crippen molar-refractivity contribution in [1.82, 2.24) is 10.3 Å². The van der Waals surface area contributed by atoms with Crippen molar-refractivity contribution in [2.75, 3.05) is 6.54 Å². The first-order chi connectivity index (χ1) is 9.06. The second kappa shape index (κ2) is 6.11. The molecule has 0 aliphatic rings. The molecule has 0 saturated heterocycles. The first-order valence-corrected chi connectivity index (χ1v) is 6.96. The molecule has 1 aromatic carbocycles. The normalized spacial score (nSPS) is 11.2. The van der Waals surface area contributed by atoms with Gasteiger partial charge < -0.3 is 10.3 Å². The van der Waals surface area contributed by atoms with Crippen LogP contribution in [0.4, 0.5) is 0 Å². The number of nitrogens with one attached hydrogen (secondary N) is 2. The second-order valence-corrected chi connectivity index (χ2v) is 5.64. The van der Waals surface area contributed by atoms with Gasteiger partial charge in [0.05, 0.1) is 0 Å². The average Bonchev–Trinajstić information content (AvgIpc) is 2.70. The van der Waals surface area contributed by atoms with Gasteiger partial charge in [-0.15, -0.1) is 0 Å². The molecule has 0 aliphatic heterocycles. The van der Waals surface area contributed by atoms with Gasteiger partial charge in [-0.05, 0) is 30.0 Å². The van der Waals surface area contributed by atoms with E-state index in [4.69, 9.17) is 11.6 Å². The summed E-state index contributed by atoms with van der Waals surface area (Å²) in [7, 11) is 0. The molecule has 1 heterocycles. The Bertz CT molecular complexity index is 575. The smallest absolute Gasteiger partial charge is 0.220 e. The van der Waals surface area contributed by atoms with Gasteiger partial charge in [0, 0.05) is 35.1 Å². The highest BCUT2D eigenvalue weighted by Crippen LogP contribution is 2.22. The van der Waals surface area contributed by atoms with E-state index in [0.717, 1.165) is 17.0 Å². The fraction of sp³-hybridized carbons (Fsp3) is 0.400. The lowest BCUT2D eigenvalue weighted by atomic mass is 10.1. The number of carbonyl (C=O) groups is 1. The lowest BCUT2D eigenvalue weighted by Crippen LogP contribution is -2.26. The largest absolute Gasteiger partial charge is 0.361 e. The molecule has 1 amide bonds. The highest BCUT2D eigenvalue weighted by atomic mass is 35.5. The molecule has 0 aliphatic carbocycles. The molecule has 0 unspecified atom stereocenters.